The number of para-hydroxylation sites is 1. The average Bonchev–Trinajstić information content (AvgIpc) is 3.34. The zero-order chi connectivity index (χ0) is 24.8. The largest absolute Gasteiger partial charge is 0.456 e. The molecule has 3 heterocycles. The first kappa shape index (κ1) is 21.3. The average molecular weight is 475 g/mol. The summed E-state index contributed by atoms with van der Waals surface area (Å²) in [6.07, 6.45) is 3.61. The summed E-state index contributed by atoms with van der Waals surface area (Å²) in [4.78, 5) is 9.59. The molecule has 3 nitrogen and oxygen atoms in total. The van der Waals surface area contributed by atoms with E-state index in [2.05, 4.69) is 84.4 Å². The molecule has 0 aliphatic heterocycles. The Hall–Kier alpha value is -5.02. The molecule has 0 spiro atoms. The van der Waals surface area contributed by atoms with Crippen molar-refractivity contribution >= 4 is 38.8 Å². The molecule has 0 aliphatic carbocycles. The summed E-state index contributed by atoms with van der Waals surface area (Å²) < 4.78 is 6.05. The molecule has 3 aromatic heterocycles. The van der Waals surface area contributed by atoms with Gasteiger partial charge in [0.2, 0.25) is 0 Å². The first-order chi connectivity index (χ1) is 18.3. The molecule has 0 unspecified atom stereocenters. The van der Waals surface area contributed by atoms with Crippen LogP contribution in [0.2, 0.25) is 0 Å². The predicted octanol–water partition coefficient (Wildman–Crippen LogP) is 9.17. The summed E-state index contributed by atoms with van der Waals surface area (Å²) in [7, 11) is 0. The minimum absolute atomic E-state index is 0.832. The Morgan fingerprint density at radius 2 is 1.32 bits per heavy atom. The van der Waals surface area contributed by atoms with E-state index >= 15 is 0 Å². The van der Waals surface area contributed by atoms with Gasteiger partial charge in [0.1, 0.15) is 11.2 Å². The fraction of sp³-hybridized carbons (Fsp3) is 0. The molecule has 0 atom stereocenters. The van der Waals surface area contributed by atoms with Crippen molar-refractivity contribution in [3.8, 4) is 33.8 Å². The quantitative estimate of drug-likeness (QED) is 0.255. The van der Waals surface area contributed by atoms with Gasteiger partial charge in [-0.3, -0.25) is 4.98 Å². The molecular formula is C34H22N2O. The Bertz CT molecular complexity index is 1960. The van der Waals surface area contributed by atoms with Crippen LogP contribution in [-0.4, -0.2) is 9.97 Å². The summed E-state index contributed by atoms with van der Waals surface area (Å²) in [5, 5.41) is 4.61. The highest BCUT2D eigenvalue weighted by atomic mass is 16.3. The Balaban J connectivity index is 1.39. The highest BCUT2D eigenvalue weighted by molar-refractivity contribution is 6.09. The van der Waals surface area contributed by atoms with Crippen molar-refractivity contribution in [2.75, 3.05) is 0 Å². The summed E-state index contributed by atoms with van der Waals surface area (Å²) >= 11 is 0. The molecule has 37 heavy (non-hydrogen) atoms. The van der Waals surface area contributed by atoms with Crippen molar-refractivity contribution in [3.05, 3.63) is 128 Å². The van der Waals surface area contributed by atoms with Crippen molar-refractivity contribution in [2.45, 2.75) is 0 Å². The molecule has 0 radical (unpaired) electrons. The first-order valence-electron chi connectivity index (χ1n) is 12.3. The molecular weight excluding hydrogens is 452 g/mol. The SMILES string of the molecule is C=Cc1cccnc1-c1cccc(-c2ccc(-c3ccc4oc5ccccc5c4c3)c3ccccc23)n1. The van der Waals surface area contributed by atoms with Crippen LogP contribution in [0, 0.1) is 0 Å². The second-order valence-corrected chi connectivity index (χ2v) is 9.07. The van der Waals surface area contributed by atoms with Gasteiger partial charge in [-0.25, -0.2) is 4.98 Å². The minimum atomic E-state index is 0.832. The van der Waals surface area contributed by atoms with Gasteiger partial charge in [0.15, 0.2) is 0 Å². The molecule has 3 heteroatoms. The molecule has 0 bridgehead atoms. The van der Waals surface area contributed by atoms with E-state index in [1.165, 1.54) is 10.9 Å². The summed E-state index contributed by atoms with van der Waals surface area (Å²) in [6, 6.07) is 37.6. The van der Waals surface area contributed by atoms with Crippen LogP contribution in [0.4, 0.5) is 0 Å². The van der Waals surface area contributed by atoms with Crippen molar-refractivity contribution in [2.24, 2.45) is 0 Å². The number of benzene rings is 4. The Morgan fingerprint density at radius 1 is 0.595 bits per heavy atom. The van der Waals surface area contributed by atoms with Gasteiger partial charge in [0, 0.05) is 28.1 Å². The molecule has 4 aromatic carbocycles. The second kappa shape index (κ2) is 8.58. The lowest BCUT2D eigenvalue weighted by Crippen LogP contribution is -1.93. The van der Waals surface area contributed by atoms with E-state index in [0.717, 1.165) is 61.1 Å². The van der Waals surface area contributed by atoms with E-state index in [0.29, 0.717) is 0 Å². The van der Waals surface area contributed by atoms with Gasteiger partial charge in [-0.2, -0.15) is 0 Å². The monoisotopic (exact) mass is 474 g/mol. The van der Waals surface area contributed by atoms with Crippen molar-refractivity contribution in [1.82, 2.24) is 9.97 Å². The van der Waals surface area contributed by atoms with Crippen LogP contribution >= 0.6 is 0 Å². The van der Waals surface area contributed by atoms with Crippen LogP contribution in [0.5, 0.6) is 0 Å². The standard InChI is InChI=1S/C34H22N2O/c1-2-22-9-8-20-35-34(22)31-14-7-13-30(36-31)27-18-17-24(25-10-3-4-11-26(25)27)23-16-19-33-29(21-23)28-12-5-6-15-32(28)37-33/h2-21H,1H2. The fourth-order valence-corrected chi connectivity index (χ4v) is 5.18. The Labute approximate surface area is 214 Å². The molecule has 7 aromatic rings. The summed E-state index contributed by atoms with van der Waals surface area (Å²) in [5.41, 5.74) is 8.79. The third kappa shape index (κ3) is 3.52. The lowest BCUT2D eigenvalue weighted by Gasteiger charge is -2.13. The van der Waals surface area contributed by atoms with Crippen molar-refractivity contribution in [1.29, 1.82) is 0 Å². The van der Waals surface area contributed by atoms with E-state index < -0.39 is 0 Å². The van der Waals surface area contributed by atoms with Crippen molar-refractivity contribution in [3.63, 3.8) is 0 Å². The third-order valence-corrected chi connectivity index (χ3v) is 6.94. The van der Waals surface area contributed by atoms with Gasteiger partial charge in [0.25, 0.3) is 0 Å². The van der Waals surface area contributed by atoms with Gasteiger partial charge >= 0.3 is 0 Å². The third-order valence-electron chi connectivity index (χ3n) is 6.94. The van der Waals surface area contributed by atoms with Crippen LogP contribution in [0.15, 0.2) is 126 Å². The molecule has 0 saturated carbocycles. The highest BCUT2D eigenvalue weighted by Crippen LogP contribution is 2.38. The maximum atomic E-state index is 6.05. The normalized spacial score (nSPS) is 11.4. The Kier molecular flexibility index (Phi) is 4.93. The van der Waals surface area contributed by atoms with Gasteiger partial charge in [-0.1, -0.05) is 85.5 Å². The molecule has 0 aliphatic rings. The summed E-state index contributed by atoms with van der Waals surface area (Å²) in [6.45, 7) is 3.94. The lowest BCUT2D eigenvalue weighted by molar-refractivity contribution is 0.669. The Morgan fingerprint density at radius 3 is 2.19 bits per heavy atom. The number of hydrogen-bond donors (Lipinski definition) is 0. The van der Waals surface area contributed by atoms with Crippen LogP contribution in [0.1, 0.15) is 5.56 Å². The topological polar surface area (TPSA) is 38.9 Å². The number of rotatable bonds is 4. The second-order valence-electron chi connectivity index (χ2n) is 9.07. The molecule has 0 saturated heterocycles. The predicted molar refractivity (Wildman–Crippen MR) is 153 cm³/mol. The highest BCUT2D eigenvalue weighted by Gasteiger charge is 2.14. The molecule has 174 valence electrons. The zero-order valence-corrected chi connectivity index (χ0v) is 20.1. The molecule has 0 fully saturated rings. The van der Waals surface area contributed by atoms with Gasteiger partial charge in [-0.05, 0) is 58.3 Å². The van der Waals surface area contributed by atoms with Crippen LogP contribution in [0.3, 0.4) is 0 Å². The minimum Gasteiger partial charge on any atom is -0.456 e. The van der Waals surface area contributed by atoms with Gasteiger partial charge in [0.05, 0.1) is 17.1 Å². The summed E-state index contributed by atoms with van der Waals surface area (Å²) in [5.74, 6) is 0. The van der Waals surface area contributed by atoms with Crippen molar-refractivity contribution < 1.29 is 4.42 Å². The van der Waals surface area contributed by atoms with Crippen LogP contribution in [0.25, 0.3) is 72.6 Å². The molecule has 7 rings (SSSR count). The lowest BCUT2D eigenvalue weighted by atomic mass is 9.93. The van der Waals surface area contributed by atoms with E-state index in [1.54, 1.807) is 6.20 Å². The zero-order valence-electron chi connectivity index (χ0n) is 20.1. The number of aromatic nitrogens is 2. The number of pyridine rings is 2. The maximum absolute atomic E-state index is 6.05. The number of hydrogen-bond acceptors (Lipinski definition) is 3. The van der Waals surface area contributed by atoms with Crippen LogP contribution < -0.4 is 0 Å². The van der Waals surface area contributed by atoms with Gasteiger partial charge in [-0.15, -0.1) is 0 Å². The molecule has 0 amide bonds. The van der Waals surface area contributed by atoms with Gasteiger partial charge < -0.3 is 4.42 Å². The molecule has 0 N–H and O–H groups in total. The number of furan rings is 1. The number of fused-ring (bicyclic) bond motifs is 4. The smallest absolute Gasteiger partial charge is 0.135 e. The fourth-order valence-electron chi connectivity index (χ4n) is 5.18. The van der Waals surface area contributed by atoms with Crippen LogP contribution in [-0.2, 0) is 0 Å². The van der Waals surface area contributed by atoms with E-state index in [1.807, 2.05) is 42.5 Å². The van der Waals surface area contributed by atoms with E-state index in [4.69, 9.17) is 9.40 Å². The number of nitrogens with zero attached hydrogens (tertiary/aromatic N) is 2. The first-order valence-corrected chi connectivity index (χ1v) is 12.3. The van der Waals surface area contributed by atoms with E-state index in [-0.39, 0.29) is 0 Å². The maximum Gasteiger partial charge on any atom is 0.135 e. The van der Waals surface area contributed by atoms with E-state index in [9.17, 15) is 0 Å².